The van der Waals surface area contributed by atoms with Crippen molar-refractivity contribution in [1.82, 2.24) is 10.3 Å². The molecule has 1 amide bonds. The van der Waals surface area contributed by atoms with E-state index in [0.717, 1.165) is 15.8 Å². The fourth-order valence-corrected chi connectivity index (χ4v) is 1.76. The number of hydrogen-bond donors (Lipinski definition) is 1. The van der Waals surface area contributed by atoms with Crippen LogP contribution in [-0.2, 0) is 6.54 Å². The number of aromatic nitrogens is 1. The Bertz CT molecular complexity index is 553. The maximum atomic E-state index is 11.8. The molecule has 98 valence electrons. The average molecular weight is 321 g/mol. The first kappa shape index (κ1) is 13.5. The number of amides is 1. The van der Waals surface area contributed by atoms with Crippen molar-refractivity contribution in [2.75, 3.05) is 7.11 Å². The number of methoxy groups -OCH3 is 1. The molecule has 0 atom stereocenters. The zero-order valence-electron chi connectivity index (χ0n) is 10.4. The summed E-state index contributed by atoms with van der Waals surface area (Å²) >= 11 is 3.28. The molecule has 0 bridgehead atoms. The van der Waals surface area contributed by atoms with E-state index in [-0.39, 0.29) is 5.91 Å². The molecule has 2 aromatic rings. The van der Waals surface area contributed by atoms with Gasteiger partial charge in [0.15, 0.2) is 0 Å². The summed E-state index contributed by atoms with van der Waals surface area (Å²) in [6.45, 7) is 0.459. The van der Waals surface area contributed by atoms with Crippen LogP contribution in [0.4, 0.5) is 0 Å². The minimum absolute atomic E-state index is 0.191. The Balaban J connectivity index is 1.94. The summed E-state index contributed by atoms with van der Waals surface area (Å²) in [5.74, 6) is 0.605. The number of benzene rings is 1. The van der Waals surface area contributed by atoms with E-state index >= 15 is 0 Å². The van der Waals surface area contributed by atoms with Gasteiger partial charge >= 0.3 is 0 Å². The second-order valence-corrected chi connectivity index (χ2v) is 4.81. The summed E-state index contributed by atoms with van der Waals surface area (Å²) in [5, 5.41) is 2.81. The van der Waals surface area contributed by atoms with Crippen LogP contribution in [0.5, 0.6) is 5.75 Å². The molecule has 2 rings (SSSR count). The number of carbonyl (C=O) groups excluding carboxylic acids is 1. The molecule has 0 saturated carbocycles. The van der Waals surface area contributed by atoms with Crippen LogP contribution >= 0.6 is 15.9 Å². The van der Waals surface area contributed by atoms with Crippen LogP contribution in [0.3, 0.4) is 0 Å². The first-order valence-corrected chi connectivity index (χ1v) is 6.51. The molecule has 1 N–H and O–H groups in total. The van der Waals surface area contributed by atoms with Gasteiger partial charge in [-0.25, -0.2) is 4.98 Å². The van der Waals surface area contributed by atoms with Crippen LogP contribution in [0.2, 0.25) is 0 Å². The number of nitrogens with zero attached hydrogens (tertiary/aromatic N) is 1. The van der Waals surface area contributed by atoms with Gasteiger partial charge in [-0.1, -0.05) is 12.1 Å². The Labute approximate surface area is 119 Å². The third-order valence-corrected chi connectivity index (χ3v) is 3.04. The smallest absolute Gasteiger partial charge is 0.270 e. The summed E-state index contributed by atoms with van der Waals surface area (Å²) in [5.41, 5.74) is 1.41. The lowest BCUT2D eigenvalue weighted by Crippen LogP contribution is -2.23. The van der Waals surface area contributed by atoms with E-state index < -0.39 is 0 Å². The van der Waals surface area contributed by atoms with Gasteiger partial charge < -0.3 is 10.1 Å². The van der Waals surface area contributed by atoms with Gasteiger partial charge in [-0.2, -0.15) is 0 Å². The first-order valence-electron chi connectivity index (χ1n) is 5.72. The Morgan fingerprint density at radius 2 is 2.00 bits per heavy atom. The molecule has 1 aromatic heterocycles. The van der Waals surface area contributed by atoms with Crippen LogP contribution < -0.4 is 10.1 Å². The minimum Gasteiger partial charge on any atom is -0.497 e. The quantitative estimate of drug-likeness (QED) is 0.942. The average Bonchev–Trinajstić information content (AvgIpc) is 2.46. The molecule has 0 aliphatic carbocycles. The molecule has 1 aromatic carbocycles. The first-order chi connectivity index (χ1) is 9.19. The molecule has 0 radical (unpaired) electrons. The monoisotopic (exact) mass is 320 g/mol. The van der Waals surface area contributed by atoms with Gasteiger partial charge in [-0.3, -0.25) is 4.79 Å². The molecule has 0 fully saturated rings. The van der Waals surface area contributed by atoms with Crippen molar-refractivity contribution in [2.45, 2.75) is 6.54 Å². The molecule has 0 spiro atoms. The molecular weight excluding hydrogens is 308 g/mol. The highest BCUT2D eigenvalue weighted by Gasteiger charge is 2.06. The van der Waals surface area contributed by atoms with E-state index in [4.69, 9.17) is 4.74 Å². The van der Waals surface area contributed by atoms with Gasteiger partial charge in [-0.05, 0) is 45.8 Å². The molecule has 0 aliphatic rings. The summed E-state index contributed by atoms with van der Waals surface area (Å²) in [6.07, 6.45) is 1.60. The number of nitrogens with one attached hydrogen (secondary N) is 1. The van der Waals surface area contributed by atoms with Crippen LogP contribution in [0.25, 0.3) is 0 Å². The van der Waals surface area contributed by atoms with Crippen LogP contribution in [0.15, 0.2) is 47.1 Å². The lowest BCUT2D eigenvalue weighted by molar-refractivity contribution is 0.0946. The molecule has 0 saturated heterocycles. The van der Waals surface area contributed by atoms with E-state index in [9.17, 15) is 4.79 Å². The van der Waals surface area contributed by atoms with Crippen molar-refractivity contribution in [1.29, 1.82) is 0 Å². The molecule has 0 aliphatic heterocycles. The Morgan fingerprint density at radius 1 is 1.26 bits per heavy atom. The van der Waals surface area contributed by atoms with Crippen molar-refractivity contribution >= 4 is 21.8 Å². The third kappa shape index (κ3) is 3.79. The number of carbonyl (C=O) groups is 1. The highest BCUT2D eigenvalue weighted by Crippen LogP contribution is 2.11. The van der Waals surface area contributed by atoms with E-state index in [1.807, 2.05) is 24.3 Å². The lowest BCUT2D eigenvalue weighted by Gasteiger charge is -2.06. The number of halogens is 1. The zero-order chi connectivity index (χ0) is 13.7. The van der Waals surface area contributed by atoms with Crippen LogP contribution in [0.1, 0.15) is 16.1 Å². The highest BCUT2D eigenvalue weighted by molar-refractivity contribution is 9.10. The molecular formula is C14H13BrN2O2. The number of pyridine rings is 1. The highest BCUT2D eigenvalue weighted by atomic mass is 79.9. The molecule has 19 heavy (non-hydrogen) atoms. The van der Waals surface area contributed by atoms with Gasteiger partial charge in [-0.15, -0.1) is 0 Å². The van der Waals surface area contributed by atoms with Crippen molar-refractivity contribution < 1.29 is 9.53 Å². The number of rotatable bonds is 4. The van der Waals surface area contributed by atoms with Crippen molar-refractivity contribution in [3.8, 4) is 5.75 Å². The molecule has 4 nitrogen and oxygen atoms in total. The number of hydrogen-bond acceptors (Lipinski definition) is 3. The second-order valence-electron chi connectivity index (χ2n) is 3.89. The standard InChI is InChI=1S/C14H13BrN2O2/c1-19-12-5-2-10(3-6-12)8-17-14(18)13-7-4-11(15)9-16-13/h2-7,9H,8H2,1H3,(H,17,18). The predicted molar refractivity (Wildman–Crippen MR) is 76.1 cm³/mol. The van der Waals surface area contributed by atoms with Crippen molar-refractivity contribution in [3.63, 3.8) is 0 Å². The lowest BCUT2D eigenvalue weighted by atomic mass is 10.2. The summed E-state index contributed by atoms with van der Waals surface area (Å²) in [4.78, 5) is 15.9. The zero-order valence-corrected chi connectivity index (χ0v) is 12.0. The summed E-state index contributed by atoms with van der Waals surface area (Å²) in [7, 11) is 1.62. The van der Waals surface area contributed by atoms with Gasteiger partial charge in [0.25, 0.3) is 5.91 Å². The second kappa shape index (κ2) is 6.33. The van der Waals surface area contributed by atoms with Crippen molar-refractivity contribution in [2.24, 2.45) is 0 Å². The van der Waals surface area contributed by atoms with Gasteiger partial charge in [0.1, 0.15) is 11.4 Å². The van der Waals surface area contributed by atoms with Gasteiger partial charge in [0, 0.05) is 17.2 Å². The topological polar surface area (TPSA) is 51.2 Å². The SMILES string of the molecule is COc1ccc(CNC(=O)c2ccc(Br)cn2)cc1. The van der Waals surface area contributed by atoms with E-state index in [1.165, 1.54) is 0 Å². The van der Waals surface area contributed by atoms with Crippen LogP contribution in [-0.4, -0.2) is 18.0 Å². The fraction of sp³-hybridized carbons (Fsp3) is 0.143. The summed E-state index contributed by atoms with van der Waals surface area (Å²) in [6, 6.07) is 11.0. The van der Waals surface area contributed by atoms with Gasteiger partial charge in [0.05, 0.1) is 7.11 Å². The maximum absolute atomic E-state index is 11.8. The Morgan fingerprint density at radius 3 is 2.58 bits per heavy atom. The van der Waals surface area contributed by atoms with E-state index in [0.29, 0.717) is 12.2 Å². The van der Waals surface area contributed by atoms with Crippen LogP contribution in [0, 0.1) is 0 Å². The maximum Gasteiger partial charge on any atom is 0.270 e. The van der Waals surface area contributed by atoms with E-state index in [1.54, 1.807) is 25.4 Å². The normalized spacial score (nSPS) is 10.0. The van der Waals surface area contributed by atoms with E-state index in [2.05, 4.69) is 26.2 Å². The third-order valence-electron chi connectivity index (χ3n) is 2.57. The fourth-order valence-electron chi connectivity index (χ4n) is 1.53. The molecule has 5 heteroatoms. The molecule has 1 heterocycles. The number of ether oxygens (including phenoxy) is 1. The largest absolute Gasteiger partial charge is 0.497 e. The predicted octanol–water partition coefficient (Wildman–Crippen LogP) is 2.78. The van der Waals surface area contributed by atoms with Gasteiger partial charge in [0.2, 0.25) is 0 Å². The summed E-state index contributed by atoms with van der Waals surface area (Å²) < 4.78 is 5.92. The Kier molecular flexibility index (Phi) is 4.52. The molecule has 0 unspecified atom stereocenters. The van der Waals surface area contributed by atoms with Crippen molar-refractivity contribution in [3.05, 3.63) is 58.3 Å². The Hall–Kier alpha value is -1.88. The minimum atomic E-state index is -0.191.